The van der Waals surface area contributed by atoms with E-state index in [4.69, 9.17) is 4.74 Å². The third-order valence-corrected chi connectivity index (χ3v) is 5.39. The molecule has 0 saturated heterocycles. The Morgan fingerprint density at radius 1 is 1.35 bits per heavy atom. The first-order chi connectivity index (χ1) is 9.71. The lowest BCUT2D eigenvalue weighted by molar-refractivity contribution is 0.180. The van der Waals surface area contributed by atoms with E-state index >= 15 is 0 Å². The number of nitrogens with one attached hydrogen (secondary N) is 1. The van der Waals surface area contributed by atoms with Gasteiger partial charge in [0.1, 0.15) is 5.75 Å². The van der Waals surface area contributed by atoms with Crippen LogP contribution in [-0.2, 0) is 0 Å². The molecular formula is C17H26BrNO. The molecular weight excluding hydrogens is 314 g/mol. The van der Waals surface area contributed by atoms with Crippen LogP contribution in [-0.4, -0.2) is 14.2 Å². The van der Waals surface area contributed by atoms with E-state index in [-0.39, 0.29) is 0 Å². The van der Waals surface area contributed by atoms with Crippen molar-refractivity contribution in [3.63, 3.8) is 0 Å². The minimum absolute atomic E-state index is 0.447. The van der Waals surface area contributed by atoms with Gasteiger partial charge in [-0.2, -0.15) is 0 Å². The molecule has 3 unspecified atom stereocenters. The van der Waals surface area contributed by atoms with Gasteiger partial charge in [0.25, 0.3) is 0 Å². The highest BCUT2D eigenvalue weighted by molar-refractivity contribution is 9.10. The molecule has 20 heavy (non-hydrogen) atoms. The average Bonchev–Trinajstić information content (AvgIpc) is 2.49. The molecule has 0 aromatic heterocycles. The second-order valence-corrected chi connectivity index (χ2v) is 6.63. The quantitative estimate of drug-likeness (QED) is 0.820. The van der Waals surface area contributed by atoms with Gasteiger partial charge in [0.15, 0.2) is 0 Å². The van der Waals surface area contributed by atoms with Gasteiger partial charge in [-0.3, -0.25) is 0 Å². The van der Waals surface area contributed by atoms with Crippen LogP contribution in [0.15, 0.2) is 22.7 Å². The maximum atomic E-state index is 5.33. The summed E-state index contributed by atoms with van der Waals surface area (Å²) in [7, 11) is 3.80. The lowest BCUT2D eigenvalue weighted by Gasteiger charge is -2.37. The molecule has 1 aromatic carbocycles. The number of rotatable bonds is 5. The Kier molecular flexibility index (Phi) is 5.91. The van der Waals surface area contributed by atoms with E-state index in [1.165, 1.54) is 37.7 Å². The van der Waals surface area contributed by atoms with Gasteiger partial charge in [-0.1, -0.05) is 38.7 Å². The van der Waals surface area contributed by atoms with Gasteiger partial charge < -0.3 is 10.1 Å². The Bertz CT molecular complexity index is 435. The molecule has 1 N–H and O–H groups in total. The molecule has 1 aliphatic carbocycles. The van der Waals surface area contributed by atoms with Gasteiger partial charge in [-0.25, -0.2) is 0 Å². The summed E-state index contributed by atoms with van der Waals surface area (Å²) >= 11 is 3.61. The summed E-state index contributed by atoms with van der Waals surface area (Å²) in [5.41, 5.74) is 1.37. The lowest BCUT2D eigenvalue weighted by Crippen LogP contribution is -2.32. The zero-order chi connectivity index (χ0) is 14.5. The number of hydrogen-bond donors (Lipinski definition) is 1. The van der Waals surface area contributed by atoms with Crippen molar-refractivity contribution in [2.24, 2.45) is 11.8 Å². The van der Waals surface area contributed by atoms with E-state index in [0.29, 0.717) is 6.04 Å². The Morgan fingerprint density at radius 3 is 2.70 bits per heavy atom. The summed E-state index contributed by atoms with van der Waals surface area (Å²) in [5, 5.41) is 3.56. The topological polar surface area (TPSA) is 21.3 Å². The van der Waals surface area contributed by atoms with Crippen LogP contribution in [0.5, 0.6) is 5.75 Å². The number of methoxy groups -OCH3 is 1. The van der Waals surface area contributed by atoms with E-state index < -0.39 is 0 Å². The third-order valence-electron chi connectivity index (χ3n) is 4.77. The molecule has 2 rings (SSSR count). The minimum Gasteiger partial charge on any atom is -0.496 e. The van der Waals surface area contributed by atoms with E-state index in [1.54, 1.807) is 7.11 Å². The highest BCUT2D eigenvalue weighted by Crippen LogP contribution is 2.41. The fourth-order valence-electron chi connectivity index (χ4n) is 3.69. The fourth-order valence-corrected chi connectivity index (χ4v) is 4.24. The predicted octanol–water partition coefficient (Wildman–Crippen LogP) is 4.93. The molecule has 3 atom stereocenters. The summed E-state index contributed by atoms with van der Waals surface area (Å²) in [4.78, 5) is 0. The van der Waals surface area contributed by atoms with Crippen LogP contribution in [0.2, 0.25) is 0 Å². The fraction of sp³-hybridized carbons (Fsp3) is 0.647. The molecule has 0 aliphatic heterocycles. The van der Waals surface area contributed by atoms with Crippen molar-refractivity contribution < 1.29 is 4.74 Å². The summed E-state index contributed by atoms with van der Waals surface area (Å²) < 4.78 is 6.38. The molecule has 112 valence electrons. The maximum absolute atomic E-state index is 5.33. The molecule has 3 heteroatoms. The molecule has 0 amide bonds. The zero-order valence-electron chi connectivity index (χ0n) is 12.8. The Morgan fingerprint density at radius 2 is 2.10 bits per heavy atom. The largest absolute Gasteiger partial charge is 0.496 e. The van der Waals surface area contributed by atoms with Gasteiger partial charge in [-0.15, -0.1) is 0 Å². The molecule has 0 spiro atoms. The van der Waals surface area contributed by atoms with Crippen LogP contribution >= 0.6 is 15.9 Å². The number of halogens is 1. The molecule has 0 bridgehead atoms. The van der Waals surface area contributed by atoms with Crippen molar-refractivity contribution >= 4 is 15.9 Å². The third kappa shape index (κ3) is 3.37. The predicted molar refractivity (Wildman–Crippen MR) is 88.2 cm³/mol. The first kappa shape index (κ1) is 15.8. The van der Waals surface area contributed by atoms with E-state index in [0.717, 1.165) is 22.1 Å². The second kappa shape index (κ2) is 7.46. The summed E-state index contributed by atoms with van der Waals surface area (Å²) in [6.07, 6.45) is 6.79. The average molecular weight is 340 g/mol. The lowest BCUT2D eigenvalue weighted by atomic mass is 9.72. The first-order valence-electron chi connectivity index (χ1n) is 7.72. The zero-order valence-corrected chi connectivity index (χ0v) is 14.4. The normalized spacial score (nSPS) is 24.4. The number of ether oxygens (including phenoxy) is 1. The van der Waals surface area contributed by atoms with Crippen molar-refractivity contribution in [1.82, 2.24) is 5.32 Å². The number of hydrogen-bond acceptors (Lipinski definition) is 2. The van der Waals surface area contributed by atoms with Crippen LogP contribution in [0.25, 0.3) is 0 Å². The van der Waals surface area contributed by atoms with Gasteiger partial charge >= 0.3 is 0 Å². The van der Waals surface area contributed by atoms with Crippen molar-refractivity contribution in [1.29, 1.82) is 0 Å². The molecule has 0 heterocycles. The molecule has 0 radical (unpaired) electrons. The molecule has 1 aliphatic rings. The van der Waals surface area contributed by atoms with Crippen molar-refractivity contribution in [2.45, 2.75) is 45.1 Å². The van der Waals surface area contributed by atoms with Crippen molar-refractivity contribution in [2.75, 3.05) is 14.2 Å². The summed E-state index contributed by atoms with van der Waals surface area (Å²) in [6.45, 7) is 2.33. The highest BCUT2D eigenvalue weighted by Gasteiger charge is 2.31. The van der Waals surface area contributed by atoms with E-state index in [1.807, 2.05) is 0 Å². The van der Waals surface area contributed by atoms with E-state index in [9.17, 15) is 0 Å². The van der Waals surface area contributed by atoms with E-state index in [2.05, 4.69) is 53.4 Å². The van der Waals surface area contributed by atoms with Crippen LogP contribution < -0.4 is 10.1 Å². The molecule has 1 fully saturated rings. The van der Waals surface area contributed by atoms with Crippen LogP contribution in [0, 0.1) is 11.8 Å². The number of benzene rings is 1. The van der Waals surface area contributed by atoms with Gasteiger partial charge in [0.05, 0.1) is 11.6 Å². The monoisotopic (exact) mass is 339 g/mol. The molecule has 2 nitrogen and oxygen atoms in total. The smallest absolute Gasteiger partial charge is 0.133 e. The standard InChI is InChI=1S/C17H26BrNO/c1-4-12-7-5-6-8-14(12)17(19-2)13-9-10-16(20-3)15(18)11-13/h9-12,14,17,19H,4-8H2,1-3H3. The minimum atomic E-state index is 0.447. The van der Waals surface area contributed by atoms with Crippen molar-refractivity contribution in [3.05, 3.63) is 28.2 Å². The van der Waals surface area contributed by atoms with Gasteiger partial charge in [-0.05, 0) is 58.9 Å². The van der Waals surface area contributed by atoms with Crippen LogP contribution in [0.1, 0.15) is 50.6 Å². The van der Waals surface area contributed by atoms with Crippen molar-refractivity contribution in [3.8, 4) is 5.75 Å². The molecule has 1 aromatic rings. The highest BCUT2D eigenvalue weighted by atomic mass is 79.9. The van der Waals surface area contributed by atoms with Gasteiger partial charge in [0, 0.05) is 6.04 Å². The first-order valence-corrected chi connectivity index (χ1v) is 8.51. The Hall–Kier alpha value is -0.540. The van der Waals surface area contributed by atoms with Crippen LogP contribution in [0.4, 0.5) is 0 Å². The Balaban J connectivity index is 2.24. The SMILES string of the molecule is CCC1CCCCC1C(NC)c1ccc(OC)c(Br)c1. The Labute approximate surface area is 131 Å². The molecule has 1 saturated carbocycles. The van der Waals surface area contributed by atoms with Crippen LogP contribution in [0.3, 0.4) is 0 Å². The second-order valence-electron chi connectivity index (χ2n) is 5.78. The maximum Gasteiger partial charge on any atom is 0.133 e. The summed E-state index contributed by atoms with van der Waals surface area (Å²) in [6, 6.07) is 6.92. The van der Waals surface area contributed by atoms with Gasteiger partial charge in [0.2, 0.25) is 0 Å². The summed E-state index contributed by atoms with van der Waals surface area (Å²) in [5.74, 6) is 2.50.